The third-order valence-corrected chi connectivity index (χ3v) is 4.83. The highest BCUT2D eigenvalue weighted by molar-refractivity contribution is 8.14. The summed E-state index contributed by atoms with van der Waals surface area (Å²) < 4.78 is 23.2. The summed E-state index contributed by atoms with van der Waals surface area (Å²) >= 11 is 6.26. The quantitative estimate of drug-likeness (QED) is 0.723. The summed E-state index contributed by atoms with van der Waals surface area (Å²) in [5.74, 6) is 0. The Hall–Kier alpha value is -1.63. The number of aromatic nitrogens is 3. The van der Waals surface area contributed by atoms with Crippen LogP contribution in [0.4, 0.5) is 0 Å². The Morgan fingerprint density at radius 1 is 1.19 bits per heavy atom. The second-order valence-electron chi connectivity index (χ2n) is 4.43. The molecule has 0 radical (unpaired) electrons. The molecule has 3 aromatic rings. The molecule has 0 aliphatic heterocycles. The lowest BCUT2D eigenvalue weighted by Gasteiger charge is -2.08. The lowest BCUT2D eigenvalue weighted by Crippen LogP contribution is -1.93. The summed E-state index contributed by atoms with van der Waals surface area (Å²) in [5.41, 5.74) is 2.45. The smallest absolute Gasteiger partial charge is 0.263 e. The van der Waals surface area contributed by atoms with Crippen molar-refractivity contribution >= 4 is 42.2 Å². The molecule has 0 bridgehead atoms. The Morgan fingerprint density at radius 3 is 2.57 bits per heavy atom. The molecule has 0 saturated heterocycles. The number of H-pyrrole nitrogens is 1. The van der Waals surface area contributed by atoms with Crippen LogP contribution >= 0.6 is 22.3 Å². The van der Waals surface area contributed by atoms with Gasteiger partial charge in [-0.15, -0.1) is 0 Å². The normalized spacial score (nSPS) is 12.0. The summed E-state index contributed by atoms with van der Waals surface area (Å²) in [4.78, 5) is 11.4. The van der Waals surface area contributed by atoms with Crippen LogP contribution in [0.25, 0.3) is 22.2 Å². The second-order valence-corrected chi connectivity index (χ2v) is 7.37. The Bertz CT molecular complexity index is 951. The number of hydrogen-bond donors (Lipinski definition) is 1. The van der Waals surface area contributed by atoms with Crippen molar-refractivity contribution in [2.75, 3.05) is 0 Å². The standard InChI is InChI=1S/C13H9Cl2N3O2S/c1-7-12(17-5-4-16-7)11-9(14)3-2-8-10(21(15,19)20)6-18-13(8)11/h2-6,18H,1H3. The largest absolute Gasteiger partial charge is 0.359 e. The van der Waals surface area contributed by atoms with Gasteiger partial charge in [0.1, 0.15) is 4.90 Å². The average molecular weight is 342 g/mol. The van der Waals surface area contributed by atoms with Crippen LogP contribution in [-0.4, -0.2) is 23.4 Å². The number of benzene rings is 1. The molecule has 2 heterocycles. The average Bonchev–Trinajstić information content (AvgIpc) is 2.84. The molecular formula is C13H9Cl2N3O2S. The number of nitrogens with zero attached hydrogens (tertiary/aromatic N) is 2. The number of fused-ring (bicyclic) bond motifs is 1. The van der Waals surface area contributed by atoms with Crippen molar-refractivity contribution in [1.29, 1.82) is 0 Å². The molecule has 0 unspecified atom stereocenters. The number of rotatable bonds is 2. The Morgan fingerprint density at radius 2 is 1.90 bits per heavy atom. The van der Waals surface area contributed by atoms with Crippen molar-refractivity contribution in [2.24, 2.45) is 0 Å². The molecule has 0 spiro atoms. The van der Waals surface area contributed by atoms with Gasteiger partial charge in [-0.1, -0.05) is 11.6 Å². The van der Waals surface area contributed by atoms with E-state index in [-0.39, 0.29) is 4.90 Å². The van der Waals surface area contributed by atoms with Crippen molar-refractivity contribution < 1.29 is 8.42 Å². The minimum Gasteiger partial charge on any atom is -0.359 e. The lowest BCUT2D eigenvalue weighted by molar-refractivity contribution is 0.610. The van der Waals surface area contributed by atoms with E-state index in [1.54, 1.807) is 31.5 Å². The Kier molecular flexibility index (Phi) is 3.39. The zero-order chi connectivity index (χ0) is 15.2. The van der Waals surface area contributed by atoms with Gasteiger partial charge in [-0.2, -0.15) is 0 Å². The molecule has 0 amide bonds. The van der Waals surface area contributed by atoms with E-state index < -0.39 is 9.05 Å². The summed E-state index contributed by atoms with van der Waals surface area (Å²) in [7, 11) is 1.59. The molecule has 1 N–H and O–H groups in total. The van der Waals surface area contributed by atoms with Gasteiger partial charge in [-0.25, -0.2) is 8.42 Å². The molecule has 5 nitrogen and oxygen atoms in total. The maximum absolute atomic E-state index is 11.6. The molecule has 0 fully saturated rings. The van der Waals surface area contributed by atoms with E-state index in [1.165, 1.54) is 6.20 Å². The number of halogens is 2. The van der Waals surface area contributed by atoms with Gasteiger partial charge >= 0.3 is 0 Å². The number of nitrogens with one attached hydrogen (secondary N) is 1. The highest BCUT2D eigenvalue weighted by Crippen LogP contribution is 2.37. The third kappa shape index (κ3) is 2.39. The Balaban J connectivity index is 2.42. The zero-order valence-electron chi connectivity index (χ0n) is 10.8. The summed E-state index contributed by atoms with van der Waals surface area (Å²) in [6.07, 6.45) is 4.48. The van der Waals surface area contributed by atoms with Crippen molar-refractivity contribution in [3.63, 3.8) is 0 Å². The van der Waals surface area contributed by atoms with Gasteiger partial charge in [0.2, 0.25) is 0 Å². The van der Waals surface area contributed by atoms with E-state index >= 15 is 0 Å². The SMILES string of the molecule is Cc1nccnc1-c1c(Cl)ccc2c(S(=O)(=O)Cl)c[nH]c12. The van der Waals surface area contributed by atoms with E-state index in [0.29, 0.717) is 32.9 Å². The minimum atomic E-state index is -3.85. The predicted octanol–water partition coefficient (Wildman–Crippen LogP) is 3.51. The molecular weight excluding hydrogens is 333 g/mol. The van der Waals surface area contributed by atoms with E-state index in [0.717, 1.165) is 0 Å². The van der Waals surface area contributed by atoms with Crippen LogP contribution in [0.1, 0.15) is 5.69 Å². The predicted molar refractivity (Wildman–Crippen MR) is 82.1 cm³/mol. The second kappa shape index (κ2) is 4.98. The van der Waals surface area contributed by atoms with Crippen LogP contribution < -0.4 is 0 Å². The van der Waals surface area contributed by atoms with E-state index in [4.69, 9.17) is 22.3 Å². The maximum atomic E-state index is 11.6. The fourth-order valence-electron chi connectivity index (χ4n) is 2.23. The number of aryl methyl sites for hydroxylation is 1. The number of hydrogen-bond acceptors (Lipinski definition) is 4. The third-order valence-electron chi connectivity index (χ3n) is 3.15. The molecule has 0 aliphatic rings. The van der Waals surface area contributed by atoms with Gasteiger partial charge in [0.05, 0.1) is 21.9 Å². The molecule has 1 aromatic carbocycles. The van der Waals surface area contributed by atoms with Gasteiger partial charge in [-0.3, -0.25) is 9.97 Å². The molecule has 8 heteroatoms. The monoisotopic (exact) mass is 341 g/mol. The molecule has 21 heavy (non-hydrogen) atoms. The van der Waals surface area contributed by atoms with Crippen molar-refractivity contribution in [3.05, 3.63) is 41.4 Å². The summed E-state index contributed by atoms with van der Waals surface area (Å²) in [5, 5.41) is 0.918. The number of aromatic amines is 1. The van der Waals surface area contributed by atoms with Crippen molar-refractivity contribution in [2.45, 2.75) is 11.8 Å². The molecule has 0 saturated carbocycles. The highest BCUT2D eigenvalue weighted by atomic mass is 35.7. The highest BCUT2D eigenvalue weighted by Gasteiger charge is 2.21. The van der Waals surface area contributed by atoms with Crippen molar-refractivity contribution in [1.82, 2.24) is 15.0 Å². The molecule has 3 rings (SSSR count). The lowest BCUT2D eigenvalue weighted by atomic mass is 10.1. The maximum Gasteiger partial charge on any atom is 0.263 e. The van der Waals surface area contributed by atoms with Gasteiger partial charge in [0.25, 0.3) is 9.05 Å². The van der Waals surface area contributed by atoms with Crippen LogP contribution in [0, 0.1) is 6.92 Å². The topological polar surface area (TPSA) is 75.7 Å². The molecule has 0 atom stereocenters. The first-order valence-electron chi connectivity index (χ1n) is 5.92. The van der Waals surface area contributed by atoms with Gasteiger partial charge in [0, 0.05) is 40.2 Å². The zero-order valence-corrected chi connectivity index (χ0v) is 13.1. The van der Waals surface area contributed by atoms with E-state index in [1.807, 2.05) is 0 Å². The van der Waals surface area contributed by atoms with E-state index in [9.17, 15) is 8.42 Å². The first kappa shape index (κ1) is 14.3. The minimum absolute atomic E-state index is 0.0126. The first-order chi connectivity index (χ1) is 9.89. The molecule has 0 aliphatic carbocycles. The molecule has 2 aromatic heterocycles. The van der Waals surface area contributed by atoms with Gasteiger partial charge in [0.15, 0.2) is 0 Å². The van der Waals surface area contributed by atoms with Gasteiger partial charge < -0.3 is 4.98 Å². The fraction of sp³-hybridized carbons (Fsp3) is 0.0769. The van der Waals surface area contributed by atoms with Crippen molar-refractivity contribution in [3.8, 4) is 11.3 Å². The van der Waals surface area contributed by atoms with E-state index in [2.05, 4.69) is 15.0 Å². The van der Waals surface area contributed by atoms with Crippen LogP contribution in [0.3, 0.4) is 0 Å². The molecule has 108 valence electrons. The Labute approximate surface area is 130 Å². The fourth-order valence-corrected chi connectivity index (χ4v) is 3.50. The van der Waals surface area contributed by atoms with Gasteiger partial charge in [-0.05, 0) is 19.1 Å². The summed E-state index contributed by atoms with van der Waals surface area (Å²) in [6, 6.07) is 3.23. The van der Waals surface area contributed by atoms with Crippen LogP contribution in [0.2, 0.25) is 5.02 Å². The van der Waals surface area contributed by atoms with Crippen LogP contribution in [0.15, 0.2) is 35.6 Å². The van der Waals surface area contributed by atoms with Crippen LogP contribution in [0.5, 0.6) is 0 Å². The van der Waals surface area contributed by atoms with Crippen LogP contribution in [-0.2, 0) is 9.05 Å². The first-order valence-corrected chi connectivity index (χ1v) is 8.60. The summed E-state index contributed by atoms with van der Waals surface area (Å²) in [6.45, 7) is 1.81.